The van der Waals surface area contributed by atoms with Crippen LogP contribution in [0, 0.1) is 0 Å². The minimum atomic E-state index is -0.512. The molecule has 0 aromatic heterocycles. The second-order valence-electron chi connectivity index (χ2n) is 4.53. The Morgan fingerprint density at radius 1 is 1.33 bits per heavy atom. The molecule has 100 valence electrons. The summed E-state index contributed by atoms with van der Waals surface area (Å²) in [6.45, 7) is 4.39. The summed E-state index contributed by atoms with van der Waals surface area (Å²) in [6, 6.07) is 9.83. The molecule has 3 nitrogen and oxygen atoms in total. The molecule has 0 saturated heterocycles. The fraction of sp³-hybridized carbons (Fsp3) is 0.533. The van der Waals surface area contributed by atoms with Gasteiger partial charge in [0.1, 0.15) is 0 Å². The molecular weight excluding hydrogens is 228 g/mol. The predicted molar refractivity (Wildman–Crippen MR) is 71.3 cm³/mol. The van der Waals surface area contributed by atoms with Gasteiger partial charge in [-0.2, -0.15) is 0 Å². The molecule has 0 radical (unpaired) electrons. The number of carbonyl (C=O) groups is 1. The monoisotopic (exact) mass is 250 g/mol. The Morgan fingerprint density at radius 2 is 2.00 bits per heavy atom. The van der Waals surface area contributed by atoms with Crippen molar-refractivity contribution in [3.8, 4) is 0 Å². The van der Waals surface area contributed by atoms with Gasteiger partial charge < -0.3 is 9.84 Å². The number of rotatable bonds is 7. The van der Waals surface area contributed by atoms with Crippen molar-refractivity contribution in [1.82, 2.24) is 0 Å². The van der Waals surface area contributed by atoms with Crippen LogP contribution in [0.25, 0.3) is 0 Å². The molecular formula is C15H22O3. The van der Waals surface area contributed by atoms with Gasteiger partial charge in [0.2, 0.25) is 0 Å². The average molecular weight is 250 g/mol. The van der Waals surface area contributed by atoms with Crippen molar-refractivity contribution in [1.29, 1.82) is 0 Å². The zero-order valence-electron chi connectivity index (χ0n) is 11.1. The molecule has 1 N–H and O–H groups in total. The first-order valence-electron chi connectivity index (χ1n) is 6.53. The number of carbonyl (C=O) groups excluding carboxylic acids is 1. The van der Waals surface area contributed by atoms with Gasteiger partial charge >= 0.3 is 5.97 Å². The number of aliphatic hydroxyl groups excluding tert-OH is 1. The van der Waals surface area contributed by atoms with Gasteiger partial charge in [0.25, 0.3) is 0 Å². The summed E-state index contributed by atoms with van der Waals surface area (Å²) in [7, 11) is 0. The average Bonchev–Trinajstić information content (AvgIpc) is 2.42. The lowest BCUT2D eigenvalue weighted by molar-refractivity contribution is -0.144. The lowest BCUT2D eigenvalue weighted by Crippen LogP contribution is -2.18. The molecule has 2 unspecified atom stereocenters. The smallest absolute Gasteiger partial charge is 0.305 e. The van der Waals surface area contributed by atoms with E-state index in [0.29, 0.717) is 13.0 Å². The standard InChI is InChI=1S/C15H22O3/c1-3-11-18-15(17)10-9-14(16)12(2)13-7-5-4-6-8-13/h4-8,12,14,16H,3,9-11H2,1-2H3. The molecule has 0 bridgehead atoms. The highest BCUT2D eigenvalue weighted by atomic mass is 16.5. The van der Waals surface area contributed by atoms with Crippen LogP contribution in [0.1, 0.15) is 44.6 Å². The first-order chi connectivity index (χ1) is 8.65. The summed E-state index contributed by atoms with van der Waals surface area (Å²) >= 11 is 0. The van der Waals surface area contributed by atoms with E-state index in [1.807, 2.05) is 44.2 Å². The van der Waals surface area contributed by atoms with Gasteiger partial charge in [-0.25, -0.2) is 0 Å². The third-order valence-electron chi connectivity index (χ3n) is 3.01. The van der Waals surface area contributed by atoms with E-state index in [9.17, 15) is 9.90 Å². The molecule has 0 aliphatic rings. The number of ether oxygens (including phenoxy) is 1. The quantitative estimate of drug-likeness (QED) is 0.757. The maximum absolute atomic E-state index is 11.3. The third-order valence-corrected chi connectivity index (χ3v) is 3.01. The Balaban J connectivity index is 2.36. The Morgan fingerprint density at radius 3 is 2.61 bits per heavy atom. The molecule has 1 aromatic rings. The molecule has 3 heteroatoms. The van der Waals surface area contributed by atoms with Gasteiger partial charge in [0.05, 0.1) is 12.7 Å². The highest BCUT2D eigenvalue weighted by Gasteiger charge is 2.17. The van der Waals surface area contributed by atoms with E-state index in [2.05, 4.69) is 0 Å². The second-order valence-corrected chi connectivity index (χ2v) is 4.53. The van der Waals surface area contributed by atoms with E-state index >= 15 is 0 Å². The summed E-state index contributed by atoms with van der Waals surface area (Å²) in [5.74, 6) is -0.193. The summed E-state index contributed by atoms with van der Waals surface area (Å²) in [4.78, 5) is 11.3. The lowest BCUT2D eigenvalue weighted by atomic mass is 9.93. The van der Waals surface area contributed by atoms with Crippen LogP contribution >= 0.6 is 0 Å². The molecule has 18 heavy (non-hydrogen) atoms. The Hall–Kier alpha value is -1.35. The Kier molecular flexibility index (Phi) is 6.44. The second kappa shape index (κ2) is 7.88. The van der Waals surface area contributed by atoms with Gasteiger partial charge in [0.15, 0.2) is 0 Å². The van der Waals surface area contributed by atoms with Crippen molar-refractivity contribution in [2.24, 2.45) is 0 Å². The van der Waals surface area contributed by atoms with Gasteiger partial charge in [-0.05, 0) is 18.4 Å². The van der Waals surface area contributed by atoms with Crippen molar-refractivity contribution >= 4 is 5.97 Å². The van der Waals surface area contributed by atoms with Gasteiger partial charge in [0, 0.05) is 12.3 Å². The van der Waals surface area contributed by atoms with E-state index in [1.54, 1.807) is 0 Å². The maximum Gasteiger partial charge on any atom is 0.305 e. The zero-order valence-corrected chi connectivity index (χ0v) is 11.1. The molecule has 1 aromatic carbocycles. The summed E-state index contributed by atoms with van der Waals surface area (Å²) in [5.41, 5.74) is 1.09. The molecule has 0 aliphatic carbocycles. The molecule has 2 atom stereocenters. The molecule has 0 fully saturated rings. The van der Waals surface area contributed by atoms with E-state index in [1.165, 1.54) is 0 Å². The molecule has 0 heterocycles. The highest BCUT2D eigenvalue weighted by molar-refractivity contribution is 5.69. The summed E-state index contributed by atoms with van der Waals surface area (Å²) in [5, 5.41) is 10.0. The first-order valence-corrected chi connectivity index (χ1v) is 6.53. The Bertz CT molecular complexity index is 348. The number of esters is 1. The highest BCUT2D eigenvalue weighted by Crippen LogP contribution is 2.21. The molecule has 0 spiro atoms. The maximum atomic E-state index is 11.3. The predicted octanol–water partition coefficient (Wildman–Crippen LogP) is 2.88. The van der Waals surface area contributed by atoms with Gasteiger partial charge in [-0.3, -0.25) is 4.79 Å². The van der Waals surface area contributed by atoms with Crippen LogP contribution < -0.4 is 0 Å². The van der Waals surface area contributed by atoms with E-state index in [0.717, 1.165) is 12.0 Å². The number of benzene rings is 1. The number of aliphatic hydroxyl groups is 1. The van der Waals surface area contributed by atoms with Crippen LogP contribution in [0.5, 0.6) is 0 Å². The first kappa shape index (κ1) is 14.7. The molecule has 1 rings (SSSR count). The van der Waals surface area contributed by atoms with Crippen LogP contribution in [0.3, 0.4) is 0 Å². The summed E-state index contributed by atoms with van der Waals surface area (Å²) < 4.78 is 4.98. The normalized spacial score (nSPS) is 13.9. The zero-order chi connectivity index (χ0) is 13.4. The fourth-order valence-corrected chi connectivity index (χ4v) is 1.78. The minimum Gasteiger partial charge on any atom is -0.466 e. The van der Waals surface area contributed by atoms with E-state index < -0.39 is 6.10 Å². The van der Waals surface area contributed by atoms with Crippen molar-refractivity contribution in [3.05, 3.63) is 35.9 Å². The van der Waals surface area contributed by atoms with Crippen molar-refractivity contribution < 1.29 is 14.6 Å². The van der Waals surface area contributed by atoms with Crippen molar-refractivity contribution in [3.63, 3.8) is 0 Å². The van der Waals surface area contributed by atoms with Crippen LogP contribution in [-0.4, -0.2) is 23.8 Å². The lowest BCUT2D eigenvalue weighted by Gasteiger charge is -2.18. The third kappa shape index (κ3) is 4.88. The SMILES string of the molecule is CCCOC(=O)CCC(O)C(C)c1ccccc1. The number of hydrogen-bond acceptors (Lipinski definition) is 3. The molecule has 0 amide bonds. The number of hydrogen-bond donors (Lipinski definition) is 1. The van der Waals surface area contributed by atoms with Gasteiger partial charge in [-0.15, -0.1) is 0 Å². The topological polar surface area (TPSA) is 46.5 Å². The van der Waals surface area contributed by atoms with Gasteiger partial charge in [-0.1, -0.05) is 44.2 Å². The van der Waals surface area contributed by atoms with Crippen molar-refractivity contribution in [2.75, 3.05) is 6.61 Å². The van der Waals surface area contributed by atoms with Crippen LogP contribution in [0.2, 0.25) is 0 Å². The van der Waals surface area contributed by atoms with Crippen LogP contribution in [-0.2, 0) is 9.53 Å². The molecule has 0 saturated carbocycles. The van der Waals surface area contributed by atoms with Crippen LogP contribution in [0.15, 0.2) is 30.3 Å². The summed E-state index contributed by atoms with van der Waals surface area (Å²) in [6.07, 6.45) is 1.03. The van der Waals surface area contributed by atoms with Crippen LogP contribution in [0.4, 0.5) is 0 Å². The largest absolute Gasteiger partial charge is 0.466 e. The minimum absolute atomic E-state index is 0.0326. The van der Waals surface area contributed by atoms with E-state index in [4.69, 9.17) is 4.74 Å². The fourth-order valence-electron chi connectivity index (χ4n) is 1.78. The Labute approximate surface area is 109 Å². The van der Waals surface area contributed by atoms with E-state index in [-0.39, 0.29) is 18.3 Å². The molecule has 0 aliphatic heterocycles. The van der Waals surface area contributed by atoms with Crippen molar-refractivity contribution in [2.45, 2.75) is 45.1 Å².